The summed E-state index contributed by atoms with van der Waals surface area (Å²) in [5.41, 5.74) is 1.38. The Balaban J connectivity index is 1.72. The third kappa shape index (κ3) is 4.71. The highest BCUT2D eigenvalue weighted by Crippen LogP contribution is 2.25. The molecule has 5 nitrogen and oxygen atoms in total. The molecule has 2 N–H and O–H groups in total. The van der Waals surface area contributed by atoms with Crippen molar-refractivity contribution in [3.63, 3.8) is 0 Å². The lowest BCUT2D eigenvalue weighted by molar-refractivity contribution is 0.0924. The standard InChI is InChI=1S/C19H22ClN3O2/c20-16-7-4-14(5-8-16)17(23-10-2-1-3-11-23)13-22-19(25)15-6-9-18(24)21-12-15/h4-9,12,17H,1-3,10-11,13H2,(H,21,24)(H,22,25)/t17-/m1/s1. The van der Waals surface area contributed by atoms with Crippen molar-refractivity contribution in [3.05, 3.63) is 69.1 Å². The molecular weight excluding hydrogens is 338 g/mol. The van der Waals surface area contributed by atoms with Gasteiger partial charge in [-0.1, -0.05) is 30.2 Å². The van der Waals surface area contributed by atoms with Crippen molar-refractivity contribution in [2.24, 2.45) is 0 Å². The molecule has 2 heterocycles. The highest BCUT2D eigenvalue weighted by molar-refractivity contribution is 6.30. The minimum atomic E-state index is -0.219. The van der Waals surface area contributed by atoms with Crippen LogP contribution in [0.15, 0.2) is 47.4 Å². The first-order valence-corrected chi connectivity index (χ1v) is 8.98. The third-order valence-electron chi connectivity index (χ3n) is 4.59. The van der Waals surface area contributed by atoms with Gasteiger partial charge in [-0.3, -0.25) is 14.5 Å². The van der Waals surface area contributed by atoms with Crippen LogP contribution in [0.3, 0.4) is 0 Å². The number of hydrogen-bond acceptors (Lipinski definition) is 3. The summed E-state index contributed by atoms with van der Waals surface area (Å²) >= 11 is 6.01. The molecule has 1 atom stereocenters. The molecule has 0 spiro atoms. The molecule has 6 heteroatoms. The van der Waals surface area contributed by atoms with Crippen molar-refractivity contribution in [3.8, 4) is 0 Å². The van der Waals surface area contributed by atoms with Gasteiger partial charge < -0.3 is 10.3 Å². The zero-order valence-electron chi connectivity index (χ0n) is 14.0. The Morgan fingerprint density at radius 2 is 1.84 bits per heavy atom. The highest BCUT2D eigenvalue weighted by Gasteiger charge is 2.23. The van der Waals surface area contributed by atoms with Crippen LogP contribution in [0, 0.1) is 0 Å². The van der Waals surface area contributed by atoms with Crippen LogP contribution in [-0.2, 0) is 0 Å². The molecule has 1 aromatic heterocycles. The van der Waals surface area contributed by atoms with Crippen molar-refractivity contribution in [2.75, 3.05) is 19.6 Å². The van der Waals surface area contributed by atoms with E-state index < -0.39 is 0 Å². The summed E-state index contributed by atoms with van der Waals surface area (Å²) in [7, 11) is 0. The fourth-order valence-electron chi connectivity index (χ4n) is 3.22. The number of halogens is 1. The maximum Gasteiger partial charge on any atom is 0.252 e. The van der Waals surface area contributed by atoms with Crippen LogP contribution in [0.4, 0.5) is 0 Å². The smallest absolute Gasteiger partial charge is 0.252 e. The van der Waals surface area contributed by atoms with E-state index in [2.05, 4.69) is 15.2 Å². The summed E-state index contributed by atoms with van der Waals surface area (Å²) in [5, 5.41) is 3.70. The van der Waals surface area contributed by atoms with E-state index in [-0.39, 0.29) is 17.5 Å². The van der Waals surface area contributed by atoms with Crippen LogP contribution in [0.1, 0.15) is 41.2 Å². The highest BCUT2D eigenvalue weighted by atomic mass is 35.5. The Labute approximate surface area is 152 Å². The Morgan fingerprint density at radius 3 is 2.48 bits per heavy atom. The fourth-order valence-corrected chi connectivity index (χ4v) is 3.34. The largest absolute Gasteiger partial charge is 0.350 e. The summed E-state index contributed by atoms with van der Waals surface area (Å²) in [6.07, 6.45) is 5.05. The first kappa shape index (κ1) is 17.7. The first-order valence-electron chi connectivity index (χ1n) is 8.60. The molecule has 0 aliphatic carbocycles. The molecule has 1 aromatic carbocycles. The number of rotatable bonds is 5. The SMILES string of the molecule is O=C(NC[C@H](c1ccc(Cl)cc1)N1CCCCC1)c1ccc(=O)[nH]c1. The second-order valence-electron chi connectivity index (χ2n) is 6.32. The molecule has 25 heavy (non-hydrogen) atoms. The minimum absolute atomic E-state index is 0.115. The summed E-state index contributed by atoms with van der Waals surface area (Å²) in [5.74, 6) is -0.188. The average Bonchev–Trinajstić information content (AvgIpc) is 2.64. The summed E-state index contributed by atoms with van der Waals surface area (Å²) in [6.45, 7) is 2.57. The molecule has 0 bridgehead atoms. The summed E-state index contributed by atoms with van der Waals surface area (Å²) < 4.78 is 0. The van der Waals surface area contributed by atoms with E-state index in [1.165, 1.54) is 37.6 Å². The molecule has 1 amide bonds. The first-order chi connectivity index (χ1) is 12.1. The summed E-state index contributed by atoms with van der Waals surface area (Å²) in [4.78, 5) is 28.4. The van der Waals surface area contributed by atoms with Crippen LogP contribution in [0.5, 0.6) is 0 Å². The van der Waals surface area contributed by atoms with Gasteiger partial charge in [-0.2, -0.15) is 0 Å². The Morgan fingerprint density at radius 1 is 1.12 bits per heavy atom. The normalized spacial score (nSPS) is 16.4. The monoisotopic (exact) mass is 359 g/mol. The zero-order valence-corrected chi connectivity index (χ0v) is 14.8. The van der Waals surface area contributed by atoms with Gasteiger partial charge >= 0.3 is 0 Å². The minimum Gasteiger partial charge on any atom is -0.350 e. The Kier molecular flexibility index (Phi) is 5.89. The lowest BCUT2D eigenvalue weighted by Gasteiger charge is -2.35. The predicted octanol–water partition coefficient (Wildman–Crippen LogP) is 2.99. The number of amides is 1. The van der Waals surface area contributed by atoms with Crippen LogP contribution >= 0.6 is 11.6 Å². The number of benzene rings is 1. The molecule has 132 valence electrons. The van der Waals surface area contributed by atoms with Crippen LogP contribution < -0.4 is 10.9 Å². The van der Waals surface area contributed by atoms with Crippen LogP contribution in [0.25, 0.3) is 0 Å². The van der Waals surface area contributed by atoms with Crippen molar-refractivity contribution in [1.82, 2.24) is 15.2 Å². The van der Waals surface area contributed by atoms with Crippen molar-refractivity contribution < 1.29 is 4.79 Å². The average molecular weight is 360 g/mol. The van der Waals surface area contributed by atoms with Gasteiger partial charge in [0.1, 0.15) is 0 Å². The van der Waals surface area contributed by atoms with E-state index in [4.69, 9.17) is 11.6 Å². The molecule has 1 aliphatic rings. The topological polar surface area (TPSA) is 65.2 Å². The van der Waals surface area contributed by atoms with Crippen LogP contribution in [0.2, 0.25) is 5.02 Å². The molecule has 0 saturated carbocycles. The number of nitrogens with zero attached hydrogens (tertiary/aromatic N) is 1. The van der Waals surface area contributed by atoms with Gasteiger partial charge in [0.05, 0.1) is 11.6 Å². The van der Waals surface area contributed by atoms with E-state index in [0.29, 0.717) is 17.1 Å². The lowest BCUT2D eigenvalue weighted by Crippen LogP contribution is -2.40. The second kappa shape index (κ2) is 8.32. The van der Waals surface area contributed by atoms with E-state index in [1.807, 2.05) is 24.3 Å². The molecule has 0 radical (unpaired) electrons. The molecule has 0 unspecified atom stereocenters. The van der Waals surface area contributed by atoms with Crippen molar-refractivity contribution in [2.45, 2.75) is 25.3 Å². The Bertz CT molecular complexity index is 746. The third-order valence-corrected chi connectivity index (χ3v) is 4.84. The fraction of sp³-hybridized carbons (Fsp3) is 0.368. The van der Waals surface area contributed by atoms with Gasteiger partial charge in [0.25, 0.3) is 5.91 Å². The van der Waals surface area contributed by atoms with Gasteiger partial charge in [-0.15, -0.1) is 0 Å². The number of aromatic nitrogens is 1. The van der Waals surface area contributed by atoms with E-state index in [9.17, 15) is 9.59 Å². The molecule has 1 saturated heterocycles. The number of H-pyrrole nitrogens is 1. The molecule has 2 aromatic rings. The van der Waals surface area contributed by atoms with Gasteiger partial charge in [0, 0.05) is 23.8 Å². The predicted molar refractivity (Wildman–Crippen MR) is 99.0 cm³/mol. The lowest BCUT2D eigenvalue weighted by atomic mass is 10.0. The van der Waals surface area contributed by atoms with Gasteiger partial charge in [0.15, 0.2) is 0 Å². The number of pyridine rings is 1. The summed E-state index contributed by atoms with van der Waals surface area (Å²) in [6, 6.07) is 10.8. The molecule has 1 aliphatic heterocycles. The second-order valence-corrected chi connectivity index (χ2v) is 6.75. The number of aromatic amines is 1. The number of piperidine rings is 1. The molecule has 1 fully saturated rings. The quantitative estimate of drug-likeness (QED) is 0.862. The maximum atomic E-state index is 12.4. The number of carbonyl (C=O) groups excluding carboxylic acids is 1. The van der Waals surface area contributed by atoms with Crippen LogP contribution in [-0.4, -0.2) is 35.4 Å². The van der Waals surface area contributed by atoms with Crippen molar-refractivity contribution >= 4 is 17.5 Å². The number of carbonyl (C=O) groups is 1. The van der Waals surface area contributed by atoms with Gasteiger partial charge in [-0.05, 0) is 49.7 Å². The molecular formula is C19H22ClN3O2. The van der Waals surface area contributed by atoms with E-state index in [1.54, 1.807) is 0 Å². The van der Waals surface area contributed by atoms with Gasteiger partial charge in [-0.25, -0.2) is 0 Å². The van der Waals surface area contributed by atoms with Crippen molar-refractivity contribution in [1.29, 1.82) is 0 Å². The number of nitrogens with one attached hydrogen (secondary N) is 2. The van der Waals surface area contributed by atoms with Gasteiger partial charge in [0.2, 0.25) is 5.56 Å². The number of likely N-dealkylation sites (tertiary alicyclic amines) is 1. The Hall–Kier alpha value is -2.11. The number of hydrogen-bond donors (Lipinski definition) is 2. The van der Waals surface area contributed by atoms with E-state index >= 15 is 0 Å². The van der Waals surface area contributed by atoms with E-state index in [0.717, 1.165) is 18.7 Å². The zero-order chi connectivity index (χ0) is 17.6. The maximum absolute atomic E-state index is 12.4. The molecule has 3 rings (SSSR count).